The first-order chi connectivity index (χ1) is 9.80. The number of nitrogens with one attached hydrogen (secondary N) is 2. The van der Waals surface area contributed by atoms with Crippen molar-refractivity contribution in [3.63, 3.8) is 0 Å². The number of pyridine rings is 1. The average Bonchev–Trinajstić information content (AvgIpc) is 2.44. The molecule has 0 spiro atoms. The van der Waals surface area contributed by atoms with Gasteiger partial charge in [-0.3, -0.25) is 4.79 Å². The third-order valence-electron chi connectivity index (χ3n) is 2.60. The Bertz CT molecular complexity index is 496. The van der Waals surface area contributed by atoms with Gasteiger partial charge in [-0.2, -0.15) is 8.78 Å². The summed E-state index contributed by atoms with van der Waals surface area (Å²) in [6.07, 6.45) is -2.53. The van der Waals surface area contributed by atoms with E-state index in [0.717, 1.165) is 6.42 Å². The largest absolute Gasteiger partial charge is 0.346 e. The van der Waals surface area contributed by atoms with E-state index in [0.29, 0.717) is 12.1 Å². The van der Waals surface area contributed by atoms with Gasteiger partial charge in [0, 0.05) is 11.3 Å². The Morgan fingerprint density at radius 2 is 2.10 bits per heavy atom. The second kappa shape index (κ2) is 7.21. The van der Waals surface area contributed by atoms with Crippen LogP contribution in [0.3, 0.4) is 0 Å². The summed E-state index contributed by atoms with van der Waals surface area (Å²) in [7, 11) is 0. The molecule has 118 valence electrons. The molecular weight excluding hydrogens is 292 g/mol. The summed E-state index contributed by atoms with van der Waals surface area (Å²) in [5, 5.41) is 1.78. The topological polar surface area (TPSA) is 80.0 Å². The number of amides is 1. The van der Waals surface area contributed by atoms with Gasteiger partial charge in [-0.25, -0.2) is 19.6 Å². The van der Waals surface area contributed by atoms with E-state index in [1.54, 1.807) is 5.32 Å². The second-order valence-corrected chi connectivity index (χ2v) is 4.37. The summed E-state index contributed by atoms with van der Waals surface area (Å²) in [5.74, 6) is 0.220. The van der Waals surface area contributed by atoms with E-state index in [9.17, 15) is 22.4 Å². The lowest BCUT2D eigenvalue weighted by Crippen LogP contribution is -2.41. The van der Waals surface area contributed by atoms with E-state index in [4.69, 9.17) is 5.84 Å². The van der Waals surface area contributed by atoms with Gasteiger partial charge < -0.3 is 10.7 Å². The number of anilines is 1. The highest BCUT2D eigenvalue weighted by atomic mass is 19.3. The number of halogens is 4. The number of carbonyl (C=O) groups excluding carboxylic acids is 1. The molecule has 1 rings (SSSR count). The molecule has 0 fully saturated rings. The number of aromatic nitrogens is 1. The number of aryl methyl sites for hydroxylation is 1. The highest BCUT2D eigenvalue weighted by molar-refractivity contribution is 5.95. The van der Waals surface area contributed by atoms with Gasteiger partial charge in [0.25, 0.3) is 5.91 Å². The summed E-state index contributed by atoms with van der Waals surface area (Å²) >= 11 is 0. The number of hydrogen-bond acceptors (Lipinski definition) is 4. The van der Waals surface area contributed by atoms with Gasteiger partial charge in [0.15, 0.2) is 0 Å². The van der Waals surface area contributed by atoms with Crippen molar-refractivity contribution >= 4 is 11.7 Å². The maximum atomic E-state index is 12.8. The van der Waals surface area contributed by atoms with E-state index >= 15 is 0 Å². The zero-order valence-corrected chi connectivity index (χ0v) is 11.3. The Morgan fingerprint density at radius 1 is 1.43 bits per heavy atom. The molecule has 1 heterocycles. The van der Waals surface area contributed by atoms with Crippen molar-refractivity contribution in [1.29, 1.82) is 0 Å². The first-order valence-corrected chi connectivity index (χ1v) is 6.22. The van der Waals surface area contributed by atoms with E-state index in [1.807, 2.05) is 6.92 Å². The lowest BCUT2D eigenvalue weighted by Gasteiger charge is -2.16. The molecule has 0 aliphatic heterocycles. The molecule has 1 aromatic rings. The van der Waals surface area contributed by atoms with Crippen molar-refractivity contribution in [3.05, 3.63) is 23.4 Å². The lowest BCUT2D eigenvalue weighted by molar-refractivity contribution is -0.123. The molecule has 0 saturated carbocycles. The van der Waals surface area contributed by atoms with E-state index in [1.165, 1.54) is 12.1 Å². The minimum absolute atomic E-state index is 0.0199. The normalized spacial score (nSPS) is 11.6. The highest BCUT2D eigenvalue weighted by Crippen LogP contribution is 2.21. The van der Waals surface area contributed by atoms with Crippen LogP contribution in [-0.2, 0) is 6.42 Å². The third kappa shape index (κ3) is 4.85. The first kappa shape index (κ1) is 17.2. The number of rotatable bonds is 7. The number of carbonyl (C=O) groups is 1. The lowest BCUT2D eigenvalue weighted by atomic mass is 10.1. The van der Waals surface area contributed by atoms with E-state index in [2.05, 4.69) is 10.4 Å². The fourth-order valence-electron chi connectivity index (χ4n) is 1.55. The Hall–Kier alpha value is -1.90. The first-order valence-electron chi connectivity index (χ1n) is 6.22. The molecule has 1 amide bonds. The van der Waals surface area contributed by atoms with Crippen LogP contribution in [-0.4, -0.2) is 29.8 Å². The van der Waals surface area contributed by atoms with Crippen molar-refractivity contribution in [3.8, 4) is 0 Å². The quantitative estimate of drug-likeness (QED) is 0.408. The Labute approximate surface area is 118 Å². The van der Waals surface area contributed by atoms with Gasteiger partial charge in [0.2, 0.25) is 0 Å². The highest BCUT2D eigenvalue weighted by Gasteiger charge is 2.40. The molecule has 0 radical (unpaired) electrons. The van der Waals surface area contributed by atoms with Gasteiger partial charge in [0.1, 0.15) is 5.82 Å². The Morgan fingerprint density at radius 3 is 2.62 bits per heavy atom. The van der Waals surface area contributed by atoms with Crippen molar-refractivity contribution in [2.75, 3.05) is 12.0 Å². The molecule has 21 heavy (non-hydrogen) atoms. The summed E-state index contributed by atoms with van der Waals surface area (Å²) in [6, 6.07) is 2.65. The van der Waals surface area contributed by atoms with Crippen molar-refractivity contribution < 1.29 is 22.4 Å². The van der Waals surface area contributed by atoms with Crippen LogP contribution in [0.1, 0.15) is 29.4 Å². The van der Waals surface area contributed by atoms with Gasteiger partial charge in [-0.15, -0.1) is 0 Å². The van der Waals surface area contributed by atoms with Crippen LogP contribution in [0.25, 0.3) is 0 Å². The smallest absolute Gasteiger partial charge is 0.324 e. The fraction of sp³-hybridized carbons (Fsp3) is 0.500. The maximum absolute atomic E-state index is 12.8. The molecule has 9 heteroatoms. The molecule has 0 aliphatic carbocycles. The molecule has 1 aromatic heterocycles. The second-order valence-electron chi connectivity index (χ2n) is 4.37. The maximum Gasteiger partial charge on any atom is 0.324 e. The summed E-state index contributed by atoms with van der Waals surface area (Å²) in [6.45, 7) is 0.452. The van der Waals surface area contributed by atoms with Crippen molar-refractivity contribution in [2.45, 2.75) is 32.1 Å². The number of hydrogen-bond donors (Lipinski definition) is 3. The molecule has 0 unspecified atom stereocenters. The van der Waals surface area contributed by atoms with Crippen molar-refractivity contribution in [2.24, 2.45) is 5.84 Å². The number of hydrazine groups is 1. The van der Waals surface area contributed by atoms with Gasteiger partial charge in [-0.05, 0) is 18.6 Å². The monoisotopic (exact) mass is 308 g/mol. The predicted octanol–water partition coefficient (Wildman–Crippen LogP) is 1.95. The number of nitrogen functional groups attached to an aromatic ring is 1. The van der Waals surface area contributed by atoms with Gasteiger partial charge in [0.05, 0.1) is 6.54 Å². The number of nitrogens with zero attached hydrogens (tertiary/aromatic N) is 1. The minimum Gasteiger partial charge on any atom is -0.346 e. The molecule has 0 aliphatic rings. The molecule has 0 bridgehead atoms. The van der Waals surface area contributed by atoms with Crippen molar-refractivity contribution in [1.82, 2.24) is 10.3 Å². The van der Waals surface area contributed by atoms with Crippen LogP contribution < -0.4 is 16.6 Å². The standard InChI is InChI=1S/C12H16F4N4O/c1-2-3-8-4-7(5-9(19-8)20-17)10(21)18-6-12(15,16)11(13)14/h4-5,11H,2-3,6,17H2,1H3,(H,18,21)(H,19,20). The van der Waals surface area contributed by atoms with Crippen LogP contribution in [0.4, 0.5) is 23.4 Å². The van der Waals surface area contributed by atoms with Gasteiger partial charge in [-0.1, -0.05) is 13.3 Å². The van der Waals surface area contributed by atoms with E-state index < -0.39 is 24.8 Å². The number of alkyl halides is 4. The minimum atomic E-state index is -4.27. The van der Waals surface area contributed by atoms with Crippen LogP contribution in [0.15, 0.2) is 12.1 Å². The zero-order valence-electron chi connectivity index (χ0n) is 11.3. The molecule has 0 atom stereocenters. The molecule has 5 nitrogen and oxygen atoms in total. The third-order valence-corrected chi connectivity index (χ3v) is 2.60. The van der Waals surface area contributed by atoms with Gasteiger partial charge >= 0.3 is 12.3 Å². The predicted molar refractivity (Wildman–Crippen MR) is 69.3 cm³/mol. The zero-order chi connectivity index (χ0) is 16.0. The van der Waals surface area contributed by atoms with E-state index in [-0.39, 0.29) is 11.4 Å². The Balaban J connectivity index is 2.84. The number of nitrogens with two attached hydrogens (primary N) is 1. The molecule has 0 aromatic carbocycles. The SMILES string of the molecule is CCCc1cc(C(=O)NCC(F)(F)C(F)F)cc(NN)n1. The molecular formula is C12H16F4N4O. The van der Waals surface area contributed by atoms with Crippen LogP contribution in [0.5, 0.6) is 0 Å². The van der Waals surface area contributed by atoms with Crippen LogP contribution >= 0.6 is 0 Å². The Kier molecular flexibility index (Phi) is 5.89. The van der Waals surface area contributed by atoms with Crippen LogP contribution in [0.2, 0.25) is 0 Å². The summed E-state index contributed by atoms with van der Waals surface area (Å²) in [4.78, 5) is 15.8. The average molecular weight is 308 g/mol. The fourth-order valence-corrected chi connectivity index (χ4v) is 1.55. The van der Waals surface area contributed by atoms with Crippen LogP contribution in [0, 0.1) is 0 Å². The molecule has 4 N–H and O–H groups in total. The molecule has 0 saturated heterocycles. The summed E-state index contributed by atoms with van der Waals surface area (Å²) in [5.41, 5.74) is 2.81. The summed E-state index contributed by atoms with van der Waals surface area (Å²) < 4.78 is 49.5.